The molecule has 3 aliphatic rings. The van der Waals surface area contributed by atoms with Crippen molar-refractivity contribution >= 4 is 53.4 Å². The van der Waals surface area contributed by atoms with Crippen molar-refractivity contribution < 1.29 is 14.3 Å². The second-order valence-corrected chi connectivity index (χ2v) is 8.34. The first kappa shape index (κ1) is 23.8. The molecule has 1 saturated heterocycles. The smallest absolute Gasteiger partial charge is 0.233 e. The van der Waals surface area contributed by atoms with E-state index < -0.39 is 0 Å². The predicted octanol–water partition coefficient (Wildman–Crippen LogP) is 2.83. The summed E-state index contributed by atoms with van der Waals surface area (Å²) >= 11 is 6.02. The molecule has 9 heteroatoms. The minimum atomic E-state index is -0.147. The number of likely N-dealkylation sites (tertiary alicyclic amines) is 1. The van der Waals surface area contributed by atoms with Crippen LogP contribution in [0.3, 0.4) is 0 Å². The number of hydrogen-bond donors (Lipinski definition) is 2. The summed E-state index contributed by atoms with van der Waals surface area (Å²) in [5, 5.41) is 7.02. The number of allylic oxidation sites excluding steroid dienone is 2. The van der Waals surface area contributed by atoms with E-state index in [9.17, 15) is 9.59 Å². The minimum Gasteiger partial charge on any atom is -0.496 e. The maximum atomic E-state index is 12.8. The second kappa shape index (κ2) is 10.2. The third-order valence-electron chi connectivity index (χ3n) is 6.19. The molecule has 0 radical (unpaired) electrons. The number of ether oxygens (including phenoxy) is 1. The van der Waals surface area contributed by atoms with E-state index in [1.165, 1.54) is 4.90 Å². The largest absolute Gasteiger partial charge is 0.496 e. The Hall–Kier alpha value is -1.81. The molecule has 4 atom stereocenters. The first-order chi connectivity index (χ1) is 14.5. The van der Waals surface area contributed by atoms with Crippen molar-refractivity contribution in [2.24, 2.45) is 28.7 Å². The van der Waals surface area contributed by atoms with Crippen molar-refractivity contribution in [3.63, 3.8) is 0 Å². The molecule has 0 spiro atoms. The zero-order chi connectivity index (χ0) is 21.3. The Morgan fingerprint density at radius 3 is 2.48 bits per heavy atom. The third kappa shape index (κ3) is 4.69. The maximum absolute atomic E-state index is 12.8. The fourth-order valence-corrected chi connectivity index (χ4v) is 4.99. The van der Waals surface area contributed by atoms with Gasteiger partial charge < -0.3 is 15.4 Å². The molecule has 2 amide bonds. The average molecular weight is 559 g/mol. The summed E-state index contributed by atoms with van der Waals surface area (Å²) in [6.45, 7) is 3.89. The summed E-state index contributed by atoms with van der Waals surface area (Å²) in [6.07, 6.45) is 5.17. The highest BCUT2D eigenvalue weighted by Crippen LogP contribution is 2.52. The highest BCUT2D eigenvalue weighted by molar-refractivity contribution is 14.0. The quantitative estimate of drug-likeness (QED) is 0.177. The molecule has 168 valence electrons. The number of nitrogens with one attached hydrogen (secondary N) is 2. The van der Waals surface area contributed by atoms with Crippen LogP contribution < -0.4 is 15.4 Å². The Morgan fingerprint density at radius 2 is 1.87 bits per heavy atom. The van der Waals surface area contributed by atoms with Crippen LogP contribution in [0.2, 0.25) is 5.02 Å². The van der Waals surface area contributed by atoms with Gasteiger partial charge in [-0.05, 0) is 37.3 Å². The number of hydrogen-bond acceptors (Lipinski definition) is 4. The van der Waals surface area contributed by atoms with Crippen LogP contribution in [0.15, 0.2) is 35.3 Å². The van der Waals surface area contributed by atoms with E-state index in [2.05, 4.69) is 27.8 Å². The number of aliphatic imine (C=N–C) groups is 1. The molecule has 2 fully saturated rings. The highest BCUT2D eigenvalue weighted by atomic mass is 127. The predicted molar refractivity (Wildman–Crippen MR) is 131 cm³/mol. The van der Waals surface area contributed by atoms with E-state index >= 15 is 0 Å². The van der Waals surface area contributed by atoms with Crippen LogP contribution >= 0.6 is 35.6 Å². The van der Waals surface area contributed by atoms with Crippen LogP contribution in [-0.4, -0.2) is 49.4 Å². The van der Waals surface area contributed by atoms with Gasteiger partial charge in [0.25, 0.3) is 0 Å². The molecule has 0 aromatic heterocycles. The fourth-order valence-electron chi connectivity index (χ4n) is 4.83. The van der Waals surface area contributed by atoms with Crippen molar-refractivity contribution in [2.75, 3.05) is 26.7 Å². The van der Waals surface area contributed by atoms with Crippen LogP contribution in [0.25, 0.3) is 0 Å². The van der Waals surface area contributed by atoms with Crippen molar-refractivity contribution in [3.8, 4) is 5.75 Å². The number of amides is 2. The molecule has 4 unspecified atom stereocenters. The summed E-state index contributed by atoms with van der Waals surface area (Å²) in [5.41, 5.74) is 0.916. The third-order valence-corrected chi connectivity index (χ3v) is 6.43. The summed E-state index contributed by atoms with van der Waals surface area (Å²) in [7, 11) is 1.60. The molecule has 1 aliphatic heterocycles. The fraction of sp³-hybridized carbons (Fsp3) is 0.500. The normalized spacial score (nSPS) is 26.2. The zero-order valence-electron chi connectivity index (χ0n) is 17.6. The van der Waals surface area contributed by atoms with Crippen molar-refractivity contribution in [1.82, 2.24) is 15.5 Å². The molecular formula is C22H28ClIN4O3. The SMILES string of the molecule is CCNC(=NCc1ccc(Cl)cc1OC)NCCN1C(=O)C2C3C=CC(C3)C2C1=O.I. The van der Waals surface area contributed by atoms with Crippen LogP contribution in [-0.2, 0) is 16.1 Å². The lowest BCUT2D eigenvalue weighted by Crippen LogP contribution is -2.43. The number of guanidine groups is 1. The van der Waals surface area contributed by atoms with Crippen molar-refractivity contribution in [1.29, 1.82) is 0 Å². The van der Waals surface area contributed by atoms with Gasteiger partial charge in [0.2, 0.25) is 11.8 Å². The number of carbonyl (C=O) groups is 2. The lowest BCUT2D eigenvalue weighted by molar-refractivity contribution is -0.140. The molecule has 1 aromatic carbocycles. The standard InChI is InChI=1S/C22H27ClN4O3.HI/c1-3-24-22(26-12-15-6-7-16(23)11-17(15)30-2)25-8-9-27-20(28)18-13-4-5-14(10-13)19(18)21(27)29;/h4-7,11,13-14,18-19H,3,8-10,12H2,1-2H3,(H2,24,25,26);1H. The first-order valence-electron chi connectivity index (χ1n) is 10.4. The Morgan fingerprint density at radius 1 is 1.19 bits per heavy atom. The Labute approximate surface area is 204 Å². The van der Waals surface area contributed by atoms with Gasteiger partial charge in [-0.1, -0.05) is 29.8 Å². The number of halogens is 2. The lowest BCUT2D eigenvalue weighted by atomic mass is 9.85. The molecule has 1 heterocycles. The molecule has 2 N–H and O–H groups in total. The van der Waals surface area contributed by atoms with Crippen molar-refractivity contribution in [2.45, 2.75) is 19.9 Å². The van der Waals surface area contributed by atoms with Gasteiger partial charge in [0.15, 0.2) is 5.96 Å². The highest BCUT2D eigenvalue weighted by Gasteiger charge is 2.58. The molecule has 4 rings (SSSR count). The molecular weight excluding hydrogens is 531 g/mol. The number of rotatable bonds is 7. The van der Waals surface area contributed by atoms with Gasteiger partial charge in [0.05, 0.1) is 25.5 Å². The van der Waals surface area contributed by atoms with Gasteiger partial charge in [0.1, 0.15) is 5.75 Å². The van der Waals surface area contributed by atoms with Crippen molar-refractivity contribution in [3.05, 3.63) is 40.9 Å². The topological polar surface area (TPSA) is 83.0 Å². The molecule has 2 aliphatic carbocycles. The number of imide groups is 1. The van der Waals surface area contributed by atoms with Crippen LogP contribution in [0.5, 0.6) is 5.75 Å². The second-order valence-electron chi connectivity index (χ2n) is 7.91. The summed E-state index contributed by atoms with van der Waals surface area (Å²) in [4.78, 5) is 31.6. The number of methoxy groups -OCH3 is 1. The van der Waals surface area contributed by atoms with E-state index in [4.69, 9.17) is 16.3 Å². The molecule has 7 nitrogen and oxygen atoms in total. The minimum absolute atomic E-state index is 0. The van der Waals surface area contributed by atoms with E-state index in [1.807, 2.05) is 13.0 Å². The van der Waals surface area contributed by atoms with Crippen LogP contribution in [0.4, 0.5) is 0 Å². The molecule has 2 bridgehead atoms. The molecule has 1 saturated carbocycles. The van der Waals surface area contributed by atoms with E-state index in [-0.39, 0.29) is 59.5 Å². The monoisotopic (exact) mass is 558 g/mol. The van der Waals surface area contributed by atoms with Gasteiger partial charge in [-0.15, -0.1) is 24.0 Å². The van der Waals surface area contributed by atoms with Gasteiger partial charge >= 0.3 is 0 Å². The molecule has 1 aromatic rings. The Balaban J connectivity index is 0.00000272. The number of carbonyl (C=O) groups excluding carboxylic acids is 2. The van der Waals surface area contributed by atoms with Gasteiger partial charge in [0, 0.05) is 30.2 Å². The first-order valence-corrected chi connectivity index (χ1v) is 10.8. The number of fused-ring (bicyclic) bond motifs is 5. The maximum Gasteiger partial charge on any atom is 0.233 e. The van der Waals surface area contributed by atoms with Gasteiger partial charge in [-0.25, -0.2) is 4.99 Å². The Kier molecular flexibility index (Phi) is 7.85. The van der Waals surface area contributed by atoms with E-state index in [0.717, 1.165) is 12.0 Å². The molecule has 31 heavy (non-hydrogen) atoms. The van der Waals surface area contributed by atoms with Crippen LogP contribution in [0.1, 0.15) is 18.9 Å². The van der Waals surface area contributed by atoms with E-state index in [1.54, 1.807) is 19.2 Å². The van der Waals surface area contributed by atoms with Gasteiger partial charge in [-0.3, -0.25) is 14.5 Å². The Bertz CT molecular complexity index is 877. The van der Waals surface area contributed by atoms with E-state index in [0.29, 0.717) is 42.9 Å². The summed E-state index contributed by atoms with van der Waals surface area (Å²) in [6, 6.07) is 5.45. The van der Waals surface area contributed by atoms with Gasteiger partial charge in [-0.2, -0.15) is 0 Å². The zero-order valence-corrected chi connectivity index (χ0v) is 20.7. The summed E-state index contributed by atoms with van der Waals surface area (Å²) < 4.78 is 5.37. The lowest BCUT2D eigenvalue weighted by Gasteiger charge is -2.18. The van der Waals surface area contributed by atoms with Crippen LogP contribution in [0, 0.1) is 23.7 Å². The number of benzene rings is 1. The summed E-state index contributed by atoms with van der Waals surface area (Å²) in [5.74, 6) is 1.46. The number of nitrogens with zero attached hydrogens (tertiary/aromatic N) is 2. The average Bonchev–Trinajstić information content (AvgIpc) is 3.42.